The fourth-order valence-electron chi connectivity index (χ4n) is 2.51. The molecule has 1 heterocycles. The molecule has 2 rings (SSSR count). The van der Waals surface area contributed by atoms with Crippen LogP contribution in [0.25, 0.3) is 5.69 Å². The predicted octanol–water partition coefficient (Wildman–Crippen LogP) is 2.71. The van der Waals surface area contributed by atoms with Crippen LogP contribution in [0.1, 0.15) is 43.5 Å². The third-order valence-electron chi connectivity index (χ3n) is 3.76. The van der Waals surface area contributed by atoms with E-state index in [4.69, 9.17) is 0 Å². The molecule has 0 saturated carbocycles. The van der Waals surface area contributed by atoms with Crippen LogP contribution >= 0.6 is 0 Å². The highest BCUT2D eigenvalue weighted by atomic mass is 16.3. The molecule has 2 aromatic rings. The highest BCUT2D eigenvalue weighted by Gasteiger charge is 2.21. The van der Waals surface area contributed by atoms with Crippen molar-refractivity contribution in [1.82, 2.24) is 9.36 Å². The van der Waals surface area contributed by atoms with Gasteiger partial charge in [-0.1, -0.05) is 38.0 Å². The standard InChI is InChI=1S/C16H22N2O2/c1-4-5-11-14(19)15-12(2)17(3)18(16(15)20)13-9-7-6-8-10-13/h6-10,14,19H,4-5,11H2,1-3H3. The van der Waals surface area contributed by atoms with Crippen LogP contribution in [0.3, 0.4) is 0 Å². The molecule has 0 fully saturated rings. The molecule has 0 aliphatic rings. The predicted molar refractivity (Wildman–Crippen MR) is 80.2 cm³/mol. The van der Waals surface area contributed by atoms with Gasteiger partial charge < -0.3 is 5.11 Å². The SMILES string of the molecule is CCCCC(O)c1c(C)n(C)n(-c2ccccc2)c1=O. The fourth-order valence-corrected chi connectivity index (χ4v) is 2.51. The van der Waals surface area contributed by atoms with Gasteiger partial charge in [-0.2, -0.15) is 0 Å². The fraction of sp³-hybridized carbons (Fsp3) is 0.438. The number of unbranched alkanes of at least 4 members (excludes halogenated alkanes) is 1. The maximum absolute atomic E-state index is 12.6. The Labute approximate surface area is 119 Å². The highest BCUT2D eigenvalue weighted by molar-refractivity contribution is 5.34. The summed E-state index contributed by atoms with van der Waals surface area (Å²) in [5, 5.41) is 10.3. The molecular formula is C16H22N2O2. The minimum absolute atomic E-state index is 0.125. The molecule has 20 heavy (non-hydrogen) atoms. The number of benzene rings is 1. The zero-order valence-corrected chi connectivity index (χ0v) is 12.3. The molecule has 0 saturated heterocycles. The van der Waals surface area contributed by atoms with Gasteiger partial charge in [0.1, 0.15) is 0 Å². The lowest BCUT2D eigenvalue weighted by Gasteiger charge is -2.08. The van der Waals surface area contributed by atoms with E-state index in [2.05, 4.69) is 6.92 Å². The first-order valence-corrected chi connectivity index (χ1v) is 7.10. The zero-order valence-electron chi connectivity index (χ0n) is 12.3. The number of aliphatic hydroxyl groups excluding tert-OH is 1. The van der Waals surface area contributed by atoms with Gasteiger partial charge in [-0.15, -0.1) is 0 Å². The van der Waals surface area contributed by atoms with Crippen LogP contribution in [-0.2, 0) is 7.05 Å². The summed E-state index contributed by atoms with van der Waals surface area (Å²) < 4.78 is 3.42. The summed E-state index contributed by atoms with van der Waals surface area (Å²) in [6.45, 7) is 3.96. The van der Waals surface area contributed by atoms with E-state index < -0.39 is 6.10 Å². The summed E-state index contributed by atoms with van der Waals surface area (Å²) in [6, 6.07) is 9.50. The Morgan fingerprint density at radius 3 is 2.50 bits per heavy atom. The van der Waals surface area contributed by atoms with Crippen molar-refractivity contribution in [3.05, 3.63) is 51.9 Å². The van der Waals surface area contributed by atoms with Crippen LogP contribution in [0.4, 0.5) is 0 Å². The van der Waals surface area contributed by atoms with Gasteiger partial charge in [0.05, 0.1) is 17.4 Å². The summed E-state index contributed by atoms with van der Waals surface area (Å²) in [5.74, 6) is 0. The largest absolute Gasteiger partial charge is 0.388 e. The maximum atomic E-state index is 12.6. The zero-order chi connectivity index (χ0) is 14.7. The van der Waals surface area contributed by atoms with Gasteiger partial charge in [-0.3, -0.25) is 9.48 Å². The first-order valence-electron chi connectivity index (χ1n) is 7.10. The highest BCUT2D eigenvalue weighted by Crippen LogP contribution is 2.21. The second kappa shape index (κ2) is 6.09. The van der Waals surface area contributed by atoms with Gasteiger partial charge in [-0.25, -0.2) is 4.68 Å². The topological polar surface area (TPSA) is 47.2 Å². The molecule has 0 bridgehead atoms. The molecule has 108 valence electrons. The minimum atomic E-state index is -0.682. The molecule has 1 unspecified atom stereocenters. The van der Waals surface area contributed by atoms with E-state index in [1.54, 1.807) is 4.68 Å². The first kappa shape index (κ1) is 14.6. The van der Waals surface area contributed by atoms with Crippen molar-refractivity contribution in [3.63, 3.8) is 0 Å². The van der Waals surface area contributed by atoms with E-state index in [-0.39, 0.29) is 5.56 Å². The van der Waals surface area contributed by atoms with Crippen molar-refractivity contribution < 1.29 is 5.11 Å². The van der Waals surface area contributed by atoms with Crippen molar-refractivity contribution in [2.75, 3.05) is 0 Å². The monoisotopic (exact) mass is 274 g/mol. The second-order valence-corrected chi connectivity index (χ2v) is 5.13. The summed E-state index contributed by atoms with van der Waals surface area (Å²) in [5.41, 5.74) is 2.03. The number of para-hydroxylation sites is 1. The average molecular weight is 274 g/mol. The molecule has 1 atom stereocenters. The van der Waals surface area contributed by atoms with Crippen LogP contribution in [0, 0.1) is 6.92 Å². The molecule has 1 aromatic carbocycles. The number of nitrogens with zero attached hydrogens (tertiary/aromatic N) is 2. The minimum Gasteiger partial charge on any atom is -0.388 e. The second-order valence-electron chi connectivity index (χ2n) is 5.13. The lowest BCUT2D eigenvalue weighted by molar-refractivity contribution is 0.162. The smallest absolute Gasteiger partial charge is 0.277 e. The summed E-state index contributed by atoms with van der Waals surface area (Å²) in [6.07, 6.45) is 1.88. The number of aliphatic hydroxyl groups is 1. The van der Waals surface area contributed by atoms with Gasteiger partial charge in [0, 0.05) is 12.7 Å². The van der Waals surface area contributed by atoms with Crippen molar-refractivity contribution >= 4 is 0 Å². The molecule has 4 heteroatoms. The van der Waals surface area contributed by atoms with Crippen molar-refractivity contribution in [2.45, 2.75) is 39.2 Å². The molecule has 1 aromatic heterocycles. The number of hydrogen-bond acceptors (Lipinski definition) is 2. The number of aromatic nitrogens is 2. The summed E-state index contributed by atoms with van der Waals surface area (Å²) in [4.78, 5) is 12.6. The Balaban J connectivity index is 2.50. The van der Waals surface area contributed by atoms with Gasteiger partial charge in [0.25, 0.3) is 5.56 Å². The molecular weight excluding hydrogens is 252 g/mol. The van der Waals surface area contributed by atoms with E-state index in [9.17, 15) is 9.90 Å². The Hall–Kier alpha value is -1.81. The lowest BCUT2D eigenvalue weighted by atomic mass is 10.0. The maximum Gasteiger partial charge on any atom is 0.277 e. The van der Waals surface area contributed by atoms with Crippen molar-refractivity contribution in [3.8, 4) is 5.69 Å². The van der Waals surface area contributed by atoms with E-state index in [0.717, 1.165) is 24.2 Å². The Morgan fingerprint density at radius 1 is 1.25 bits per heavy atom. The van der Waals surface area contributed by atoms with Crippen molar-refractivity contribution in [1.29, 1.82) is 0 Å². The van der Waals surface area contributed by atoms with E-state index >= 15 is 0 Å². The Morgan fingerprint density at radius 2 is 1.90 bits per heavy atom. The van der Waals surface area contributed by atoms with Gasteiger partial charge in [-0.05, 0) is 25.5 Å². The van der Waals surface area contributed by atoms with Crippen LogP contribution in [-0.4, -0.2) is 14.5 Å². The first-order chi connectivity index (χ1) is 9.57. The third-order valence-corrected chi connectivity index (χ3v) is 3.76. The molecule has 0 spiro atoms. The van der Waals surface area contributed by atoms with Crippen LogP contribution < -0.4 is 5.56 Å². The van der Waals surface area contributed by atoms with Gasteiger partial charge in [0.15, 0.2) is 0 Å². The number of hydrogen-bond donors (Lipinski definition) is 1. The average Bonchev–Trinajstić information content (AvgIpc) is 2.68. The van der Waals surface area contributed by atoms with E-state index in [1.165, 1.54) is 0 Å². The van der Waals surface area contributed by atoms with E-state index in [0.29, 0.717) is 12.0 Å². The molecule has 0 amide bonds. The molecule has 1 N–H and O–H groups in total. The van der Waals surface area contributed by atoms with Gasteiger partial charge in [0.2, 0.25) is 0 Å². The van der Waals surface area contributed by atoms with Crippen LogP contribution in [0.5, 0.6) is 0 Å². The van der Waals surface area contributed by atoms with Crippen molar-refractivity contribution in [2.24, 2.45) is 7.05 Å². The third kappa shape index (κ3) is 2.56. The van der Waals surface area contributed by atoms with Gasteiger partial charge >= 0.3 is 0 Å². The quantitative estimate of drug-likeness (QED) is 0.911. The molecule has 0 radical (unpaired) electrons. The summed E-state index contributed by atoms with van der Waals surface area (Å²) >= 11 is 0. The molecule has 0 aliphatic carbocycles. The molecule has 0 aliphatic heterocycles. The lowest BCUT2D eigenvalue weighted by Crippen LogP contribution is -2.22. The number of rotatable bonds is 5. The summed E-state index contributed by atoms with van der Waals surface area (Å²) in [7, 11) is 1.85. The molecule has 4 nitrogen and oxygen atoms in total. The Kier molecular flexibility index (Phi) is 4.45. The van der Waals surface area contributed by atoms with E-state index in [1.807, 2.05) is 49.0 Å². The van der Waals surface area contributed by atoms with Crippen LogP contribution in [0.15, 0.2) is 35.1 Å². The normalized spacial score (nSPS) is 12.6. The van der Waals surface area contributed by atoms with Crippen LogP contribution in [0.2, 0.25) is 0 Å². The Bertz CT molecular complexity index is 626.